The van der Waals surface area contributed by atoms with E-state index in [0.717, 1.165) is 26.1 Å². The van der Waals surface area contributed by atoms with Crippen molar-refractivity contribution < 1.29 is 5.11 Å². The summed E-state index contributed by atoms with van der Waals surface area (Å²) in [6.07, 6.45) is 0.804. The van der Waals surface area contributed by atoms with Crippen molar-refractivity contribution in [2.24, 2.45) is 0 Å². The first-order valence-corrected chi connectivity index (χ1v) is 7.23. The Morgan fingerprint density at radius 3 is 2.79 bits per heavy atom. The van der Waals surface area contributed by atoms with Crippen molar-refractivity contribution in [1.82, 2.24) is 9.88 Å². The SMILES string of the molecule is CC.CC(O)CN1CCc2[nH]c3ccccc3c2C1. The van der Waals surface area contributed by atoms with Crippen LogP contribution in [0.15, 0.2) is 24.3 Å². The lowest BCUT2D eigenvalue weighted by Gasteiger charge is -2.27. The van der Waals surface area contributed by atoms with Crippen molar-refractivity contribution in [3.8, 4) is 0 Å². The number of aromatic nitrogens is 1. The van der Waals surface area contributed by atoms with Crippen LogP contribution >= 0.6 is 0 Å². The number of H-pyrrole nitrogens is 1. The molecule has 1 aromatic carbocycles. The van der Waals surface area contributed by atoms with Gasteiger partial charge in [0.25, 0.3) is 0 Å². The number of aromatic amines is 1. The topological polar surface area (TPSA) is 39.3 Å². The molecule has 0 amide bonds. The first-order chi connectivity index (χ1) is 9.24. The molecule has 0 saturated heterocycles. The summed E-state index contributed by atoms with van der Waals surface area (Å²) in [4.78, 5) is 5.83. The second-order valence-corrected chi connectivity index (χ2v) is 4.96. The number of nitrogens with one attached hydrogen (secondary N) is 1. The number of β-amino-alcohol motifs (C(OH)–C–C–N with tert-alkyl or cyclic N) is 1. The molecule has 3 nitrogen and oxygen atoms in total. The number of rotatable bonds is 2. The van der Waals surface area contributed by atoms with Crippen LogP contribution in [-0.2, 0) is 13.0 Å². The van der Waals surface area contributed by atoms with Crippen LogP contribution in [0.1, 0.15) is 32.0 Å². The highest BCUT2D eigenvalue weighted by molar-refractivity contribution is 5.84. The van der Waals surface area contributed by atoms with Crippen LogP contribution in [0.25, 0.3) is 10.9 Å². The van der Waals surface area contributed by atoms with E-state index in [2.05, 4.69) is 34.1 Å². The zero-order valence-corrected chi connectivity index (χ0v) is 12.1. The van der Waals surface area contributed by atoms with Gasteiger partial charge in [-0.05, 0) is 18.6 Å². The van der Waals surface area contributed by atoms with Crippen molar-refractivity contribution in [2.45, 2.75) is 39.8 Å². The standard InChI is InChI=1S/C14H18N2O.C2H6/c1-10(17)8-16-7-6-14-12(9-16)11-4-2-3-5-13(11)15-14;1-2/h2-5,10,15,17H,6-9H2,1H3;1-2H3. The smallest absolute Gasteiger partial charge is 0.0639 e. The Morgan fingerprint density at radius 1 is 1.32 bits per heavy atom. The van der Waals surface area contributed by atoms with Crippen LogP contribution in [-0.4, -0.2) is 34.2 Å². The molecule has 19 heavy (non-hydrogen) atoms. The van der Waals surface area contributed by atoms with Gasteiger partial charge in [-0.3, -0.25) is 4.90 Å². The number of fused-ring (bicyclic) bond motifs is 3. The fraction of sp³-hybridized carbons (Fsp3) is 0.500. The number of para-hydroxylation sites is 1. The molecule has 0 fully saturated rings. The fourth-order valence-corrected chi connectivity index (χ4v) is 2.75. The van der Waals surface area contributed by atoms with E-state index in [4.69, 9.17) is 0 Å². The highest BCUT2D eigenvalue weighted by atomic mass is 16.3. The van der Waals surface area contributed by atoms with E-state index < -0.39 is 0 Å². The van der Waals surface area contributed by atoms with Gasteiger partial charge in [0.15, 0.2) is 0 Å². The molecule has 2 aromatic rings. The molecule has 104 valence electrons. The molecule has 0 radical (unpaired) electrons. The van der Waals surface area contributed by atoms with Gasteiger partial charge in [-0.15, -0.1) is 0 Å². The largest absolute Gasteiger partial charge is 0.392 e. The molecule has 2 heterocycles. The van der Waals surface area contributed by atoms with Gasteiger partial charge in [0.1, 0.15) is 0 Å². The Kier molecular flexibility index (Phi) is 4.61. The lowest BCUT2D eigenvalue weighted by molar-refractivity contribution is 0.119. The van der Waals surface area contributed by atoms with Gasteiger partial charge in [-0.1, -0.05) is 32.0 Å². The minimum atomic E-state index is -0.248. The molecule has 2 N–H and O–H groups in total. The summed E-state index contributed by atoms with van der Waals surface area (Å²) < 4.78 is 0. The fourth-order valence-electron chi connectivity index (χ4n) is 2.75. The summed E-state index contributed by atoms with van der Waals surface area (Å²) in [5, 5.41) is 10.8. The Hall–Kier alpha value is -1.32. The predicted octanol–water partition coefficient (Wildman–Crippen LogP) is 2.93. The maximum Gasteiger partial charge on any atom is 0.0639 e. The summed E-state index contributed by atoms with van der Waals surface area (Å²) in [5.74, 6) is 0. The third-order valence-electron chi connectivity index (χ3n) is 3.48. The van der Waals surface area contributed by atoms with Crippen molar-refractivity contribution in [3.05, 3.63) is 35.5 Å². The van der Waals surface area contributed by atoms with Crippen LogP contribution in [0.2, 0.25) is 0 Å². The maximum absolute atomic E-state index is 9.47. The molecule has 0 bridgehead atoms. The normalized spacial score (nSPS) is 16.6. The third kappa shape index (κ3) is 2.99. The van der Waals surface area contributed by atoms with E-state index in [1.807, 2.05) is 20.8 Å². The molecule has 1 aliphatic heterocycles. The molecule has 3 heteroatoms. The van der Waals surface area contributed by atoms with Crippen LogP contribution in [0, 0.1) is 0 Å². The molecule has 1 unspecified atom stereocenters. The van der Waals surface area contributed by atoms with Crippen LogP contribution in [0.4, 0.5) is 0 Å². The number of hydrogen-bond donors (Lipinski definition) is 2. The first-order valence-electron chi connectivity index (χ1n) is 7.23. The quantitative estimate of drug-likeness (QED) is 0.871. The molecular formula is C16H24N2O. The van der Waals surface area contributed by atoms with Crippen molar-refractivity contribution in [1.29, 1.82) is 0 Å². The van der Waals surface area contributed by atoms with Gasteiger partial charge in [0.05, 0.1) is 6.10 Å². The zero-order chi connectivity index (χ0) is 13.8. The van der Waals surface area contributed by atoms with Gasteiger partial charge in [-0.2, -0.15) is 0 Å². The third-order valence-corrected chi connectivity index (χ3v) is 3.48. The number of aliphatic hydroxyl groups excluding tert-OH is 1. The van der Waals surface area contributed by atoms with Gasteiger partial charge < -0.3 is 10.1 Å². The van der Waals surface area contributed by atoms with E-state index >= 15 is 0 Å². The average molecular weight is 260 g/mol. The number of nitrogens with zero attached hydrogens (tertiary/aromatic N) is 1. The average Bonchev–Trinajstić information content (AvgIpc) is 2.78. The lowest BCUT2D eigenvalue weighted by atomic mass is 10.0. The Balaban J connectivity index is 0.000000637. The molecule has 1 aliphatic rings. The second kappa shape index (κ2) is 6.22. The number of benzene rings is 1. The summed E-state index contributed by atoms with van der Waals surface area (Å²) in [6.45, 7) is 8.60. The van der Waals surface area contributed by atoms with E-state index in [0.29, 0.717) is 0 Å². The monoisotopic (exact) mass is 260 g/mol. The minimum absolute atomic E-state index is 0.248. The Bertz CT molecular complexity index is 531. The number of hydrogen-bond acceptors (Lipinski definition) is 2. The highest BCUT2D eigenvalue weighted by Gasteiger charge is 2.20. The first kappa shape index (κ1) is 14.1. The van der Waals surface area contributed by atoms with E-state index in [9.17, 15) is 5.11 Å². The van der Waals surface area contributed by atoms with Gasteiger partial charge >= 0.3 is 0 Å². The minimum Gasteiger partial charge on any atom is -0.392 e. The molecule has 1 aromatic heterocycles. The zero-order valence-electron chi connectivity index (χ0n) is 12.1. The number of aliphatic hydroxyl groups is 1. The highest BCUT2D eigenvalue weighted by Crippen LogP contribution is 2.27. The van der Waals surface area contributed by atoms with Crippen molar-refractivity contribution >= 4 is 10.9 Å². The predicted molar refractivity (Wildman–Crippen MR) is 80.3 cm³/mol. The lowest BCUT2D eigenvalue weighted by Crippen LogP contribution is -2.35. The molecule has 3 rings (SSSR count). The molecule has 0 saturated carbocycles. The van der Waals surface area contributed by atoms with Crippen LogP contribution < -0.4 is 0 Å². The summed E-state index contributed by atoms with van der Waals surface area (Å²) in [6, 6.07) is 8.46. The van der Waals surface area contributed by atoms with E-state index in [1.165, 1.54) is 22.2 Å². The van der Waals surface area contributed by atoms with Gasteiger partial charge in [0.2, 0.25) is 0 Å². The maximum atomic E-state index is 9.47. The van der Waals surface area contributed by atoms with Crippen LogP contribution in [0.3, 0.4) is 0 Å². The molecule has 1 atom stereocenters. The van der Waals surface area contributed by atoms with E-state index in [-0.39, 0.29) is 6.10 Å². The summed E-state index contributed by atoms with van der Waals surface area (Å²) in [7, 11) is 0. The summed E-state index contributed by atoms with van der Waals surface area (Å²) in [5.41, 5.74) is 4.01. The van der Waals surface area contributed by atoms with Crippen LogP contribution in [0.5, 0.6) is 0 Å². The van der Waals surface area contributed by atoms with E-state index in [1.54, 1.807) is 0 Å². The Morgan fingerprint density at radius 2 is 2.05 bits per heavy atom. The molecular weight excluding hydrogens is 236 g/mol. The summed E-state index contributed by atoms with van der Waals surface area (Å²) >= 11 is 0. The second-order valence-electron chi connectivity index (χ2n) is 4.96. The van der Waals surface area contributed by atoms with Gasteiger partial charge in [-0.25, -0.2) is 0 Å². The van der Waals surface area contributed by atoms with Crippen molar-refractivity contribution in [3.63, 3.8) is 0 Å². The molecule has 0 spiro atoms. The molecule has 0 aliphatic carbocycles. The van der Waals surface area contributed by atoms with Gasteiger partial charge in [0, 0.05) is 42.7 Å². The Labute approximate surface area is 115 Å². The van der Waals surface area contributed by atoms with Crippen molar-refractivity contribution in [2.75, 3.05) is 13.1 Å².